The molecule has 0 spiro atoms. The number of fused-ring (bicyclic) bond motifs is 15. The largest absolute Gasteiger partial charge is 0.456 e. The minimum Gasteiger partial charge on any atom is -0.456 e. The van der Waals surface area contributed by atoms with Crippen molar-refractivity contribution in [2.45, 2.75) is 0 Å². The Morgan fingerprint density at radius 3 is 1.03 bits per heavy atom. The van der Waals surface area contributed by atoms with Gasteiger partial charge in [0.1, 0.15) is 11.2 Å². The van der Waals surface area contributed by atoms with E-state index >= 15 is 0 Å². The summed E-state index contributed by atoms with van der Waals surface area (Å²) in [5.41, 5.74) is 15.5. The Morgan fingerprint density at radius 1 is 0.231 bits per heavy atom. The predicted octanol–water partition coefficient (Wildman–Crippen LogP) is 16.0. The number of hydrogen-bond acceptors (Lipinski definition) is 1. The fourth-order valence-corrected chi connectivity index (χ4v) is 11.3. The zero-order valence-corrected chi connectivity index (χ0v) is 35.0. The van der Waals surface area contributed by atoms with Crippen molar-refractivity contribution in [1.82, 2.24) is 18.3 Å². The second kappa shape index (κ2) is 12.9. The van der Waals surface area contributed by atoms with Gasteiger partial charge in [0.05, 0.1) is 60.9 Å². The monoisotopic (exact) mass is 828 g/mol. The van der Waals surface area contributed by atoms with Crippen LogP contribution < -0.4 is 0 Å². The molecule has 10 aromatic carbocycles. The van der Waals surface area contributed by atoms with Crippen LogP contribution in [0.1, 0.15) is 0 Å². The van der Waals surface area contributed by atoms with E-state index in [2.05, 4.69) is 237 Å². The summed E-state index contributed by atoms with van der Waals surface area (Å²) in [4.78, 5) is 0. The van der Waals surface area contributed by atoms with Crippen molar-refractivity contribution >= 4 is 109 Å². The van der Waals surface area contributed by atoms with Gasteiger partial charge in [-0.3, -0.25) is 0 Å². The lowest BCUT2D eigenvalue weighted by atomic mass is 10.1. The highest BCUT2D eigenvalue weighted by Crippen LogP contribution is 2.43. The number of aromatic nitrogens is 4. The summed E-state index contributed by atoms with van der Waals surface area (Å²) in [5, 5.41) is 12.0. The molecule has 15 rings (SSSR count). The fourth-order valence-electron chi connectivity index (χ4n) is 11.3. The van der Waals surface area contributed by atoms with Crippen LogP contribution in [-0.2, 0) is 0 Å². The summed E-state index contributed by atoms with van der Waals surface area (Å²) >= 11 is 0. The number of para-hydroxylation sites is 7. The molecule has 0 amide bonds. The van der Waals surface area contributed by atoms with Gasteiger partial charge in [0.25, 0.3) is 0 Å². The molecule has 302 valence electrons. The Labute approximate surface area is 371 Å². The van der Waals surface area contributed by atoms with Crippen molar-refractivity contribution < 1.29 is 4.42 Å². The number of hydrogen-bond donors (Lipinski definition) is 0. The highest BCUT2D eigenvalue weighted by atomic mass is 16.3. The third kappa shape index (κ3) is 4.71. The van der Waals surface area contributed by atoms with E-state index < -0.39 is 0 Å². The van der Waals surface area contributed by atoms with Gasteiger partial charge in [0, 0.05) is 65.9 Å². The second-order valence-electron chi connectivity index (χ2n) is 17.3. The van der Waals surface area contributed by atoms with Crippen molar-refractivity contribution in [2.24, 2.45) is 0 Å². The fraction of sp³-hybridized carbons (Fsp3) is 0. The molecule has 0 bridgehead atoms. The molecule has 5 aromatic heterocycles. The first-order chi connectivity index (χ1) is 32.3. The molecule has 0 saturated heterocycles. The maximum absolute atomic E-state index is 6.77. The second-order valence-corrected chi connectivity index (χ2v) is 17.3. The lowest BCUT2D eigenvalue weighted by molar-refractivity contribution is 0.668. The van der Waals surface area contributed by atoms with E-state index in [9.17, 15) is 0 Å². The van der Waals surface area contributed by atoms with Crippen molar-refractivity contribution in [1.29, 1.82) is 0 Å². The molecule has 5 nitrogen and oxygen atoms in total. The van der Waals surface area contributed by atoms with Crippen LogP contribution >= 0.6 is 0 Å². The van der Waals surface area contributed by atoms with Gasteiger partial charge in [0.2, 0.25) is 0 Å². The van der Waals surface area contributed by atoms with E-state index in [0.717, 1.165) is 66.8 Å². The van der Waals surface area contributed by atoms with Crippen molar-refractivity contribution in [3.8, 4) is 22.7 Å². The third-order valence-electron chi connectivity index (χ3n) is 13.9. The topological polar surface area (TPSA) is 32.9 Å². The molecule has 65 heavy (non-hydrogen) atoms. The molecule has 0 saturated carbocycles. The average molecular weight is 829 g/mol. The van der Waals surface area contributed by atoms with Crippen LogP contribution in [0.3, 0.4) is 0 Å². The first-order valence-corrected chi connectivity index (χ1v) is 22.3. The SMILES string of the molecule is c1ccc2c(c1)oc1cc(-n3c4ccccc4c4ccccc43)cc(-n3c4ccccc4c4cc(-n5c6ccccc6c6cc(-n7c8ccccc8c8ccccc87)ccc65)ccc43)c12. The van der Waals surface area contributed by atoms with Gasteiger partial charge in [0.15, 0.2) is 0 Å². The number of nitrogens with zero attached hydrogens (tertiary/aromatic N) is 4. The summed E-state index contributed by atoms with van der Waals surface area (Å²) in [6.45, 7) is 0. The Kier molecular flexibility index (Phi) is 6.89. The highest BCUT2D eigenvalue weighted by molar-refractivity contribution is 6.17. The van der Waals surface area contributed by atoms with Gasteiger partial charge < -0.3 is 22.7 Å². The molecule has 0 N–H and O–H groups in total. The van der Waals surface area contributed by atoms with Crippen molar-refractivity contribution in [3.63, 3.8) is 0 Å². The van der Waals surface area contributed by atoms with Gasteiger partial charge in [-0.25, -0.2) is 0 Å². The number of rotatable bonds is 4. The maximum Gasteiger partial charge on any atom is 0.139 e. The van der Waals surface area contributed by atoms with Crippen LogP contribution in [0, 0.1) is 0 Å². The average Bonchev–Trinajstić information content (AvgIpc) is 4.16. The zero-order valence-electron chi connectivity index (χ0n) is 35.0. The lowest BCUT2D eigenvalue weighted by Crippen LogP contribution is -2.00. The lowest BCUT2D eigenvalue weighted by Gasteiger charge is -2.15. The molecule has 0 radical (unpaired) electrons. The van der Waals surface area contributed by atoms with Crippen LogP contribution in [0.5, 0.6) is 0 Å². The van der Waals surface area contributed by atoms with E-state index in [4.69, 9.17) is 4.42 Å². The normalized spacial score (nSPS) is 12.3. The van der Waals surface area contributed by atoms with Crippen LogP contribution in [0.15, 0.2) is 223 Å². The molecular weight excluding hydrogens is 793 g/mol. The molecule has 0 unspecified atom stereocenters. The molecule has 5 heteroatoms. The van der Waals surface area contributed by atoms with E-state index in [-0.39, 0.29) is 0 Å². The van der Waals surface area contributed by atoms with E-state index in [1.807, 2.05) is 0 Å². The van der Waals surface area contributed by atoms with Gasteiger partial charge in [-0.15, -0.1) is 0 Å². The standard InChI is InChI=1S/C60H36N4O/c1-8-22-49-40(15-1)41-16-2-9-23-50(41)61(49)37-29-31-55-47(33-37)44-19-5-12-26-53(44)62(55)38-30-32-56-48(34-38)45-20-6-13-27-54(45)64(56)57-35-39(36-59-60(57)46-21-7-14-28-58(46)65-59)63-51-24-10-3-17-42(51)43-18-4-11-25-52(43)63/h1-36H. The molecule has 0 aliphatic carbocycles. The van der Waals surface area contributed by atoms with E-state index in [0.29, 0.717) is 0 Å². The highest BCUT2D eigenvalue weighted by Gasteiger charge is 2.23. The number of benzene rings is 10. The Hall–Kier alpha value is -8.80. The molecular formula is C60H36N4O. The first-order valence-electron chi connectivity index (χ1n) is 22.3. The Morgan fingerprint density at radius 2 is 0.569 bits per heavy atom. The number of furan rings is 1. The Bertz CT molecular complexity index is 4380. The van der Waals surface area contributed by atoms with Crippen LogP contribution in [0.2, 0.25) is 0 Å². The molecule has 0 fully saturated rings. The Balaban J connectivity index is 0.983. The van der Waals surface area contributed by atoms with Gasteiger partial charge >= 0.3 is 0 Å². The zero-order chi connectivity index (χ0) is 42.3. The van der Waals surface area contributed by atoms with Crippen molar-refractivity contribution in [3.05, 3.63) is 218 Å². The predicted molar refractivity (Wildman–Crippen MR) is 271 cm³/mol. The van der Waals surface area contributed by atoms with E-state index in [1.54, 1.807) is 0 Å². The molecule has 0 aliphatic rings. The molecule has 0 atom stereocenters. The third-order valence-corrected chi connectivity index (χ3v) is 13.9. The first kappa shape index (κ1) is 34.7. The molecule has 15 aromatic rings. The summed E-state index contributed by atoms with van der Waals surface area (Å²) < 4.78 is 16.5. The van der Waals surface area contributed by atoms with Gasteiger partial charge in [-0.05, 0) is 84.9 Å². The summed E-state index contributed by atoms with van der Waals surface area (Å²) in [6.07, 6.45) is 0. The summed E-state index contributed by atoms with van der Waals surface area (Å²) in [5.74, 6) is 0. The van der Waals surface area contributed by atoms with Crippen LogP contribution in [0.25, 0.3) is 132 Å². The summed E-state index contributed by atoms with van der Waals surface area (Å²) in [7, 11) is 0. The van der Waals surface area contributed by atoms with Crippen LogP contribution in [-0.4, -0.2) is 18.3 Å². The van der Waals surface area contributed by atoms with Gasteiger partial charge in [-0.2, -0.15) is 0 Å². The molecule has 0 aliphatic heterocycles. The van der Waals surface area contributed by atoms with Crippen molar-refractivity contribution in [2.75, 3.05) is 0 Å². The van der Waals surface area contributed by atoms with Crippen LogP contribution in [0.4, 0.5) is 0 Å². The minimum absolute atomic E-state index is 0.855. The summed E-state index contributed by atoms with van der Waals surface area (Å²) in [6, 6.07) is 79.5. The minimum atomic E-state index is 0.855. The smallest absolute Gasteiger partial charge is 0.139 e. The van der Waals surface area contributed by atoms with E-state index in [1.165, 1.54) is 65.2 Å². The molecule has 5 heterocycles. The quantitative estimate of drug-likeness (QED) is 0.174. The maximum atomic E-state index is 6.77. The van der Waals surface area contributed by atoms with Gasteiger partial charge in [-0.1, -0.05) is 127 Å².